The first-order chi connectivity index (χ1) is 14.1. The van der Waals surface area contributed by atoms with Gasteiger partial charge >= 0.3 is 6.18 Å². The molecule has 0 fully saturated rings. The number of hydrogen-bond acceptors (Lipinski definition) is 4. The van der Waals surface area contributed by atoms with Crippen LogP contribution in [0.25, 0.3) is 0 Å². The van der Waals surface area contributed by atoms with Gasteiger partial charge in [-0.25, -0.2) is 0 Å². The molecule has 1 aromatic carbocycles. The maximum absolute atomic E-state index is 13.0. The predicted octanol–water partition coefficient (Wildman–Crippen LogP) is 3.81. The van der Waals surface area contributed by atoms with Crippen LogP contribution in [0.2, 0.25) is 5.02 Å². The minimum atomic E-state index is -4.76. The zero-order valence-corrected chi connectivity index (χ0v) is 16.5. The zero-order valence-electron chi connectivity index (χ0n) is 15.8. The standard InChI is InChI=1S/C18H16ClF3N6O2/c1-3-28-12(7-8-23-28)16(29)24-10-5-4-6-11(9-10)25-17(30)14-13(19)15(18(20,21)22)27(2)26-14/h4-9H,3H2,1-2H3,(H,24,29)(H,25,30). The maximum atomic E-state index is 13.0. The van der Waals surface area contributed by atoms with E-state index in [1.54, 1.807) is 18.2 Å². The molecule has 2 aromatic heterocycles. The molecular weight excluding hydrogens is 425 g/mol. The highest BCUT2D eigenvalue weighted by atomic mass is 35.5. The van der Waals surface area contributed by atoms with Crippen molar-refractivity contribution in [2.24, 2.45) is 7.05 Å². The van der Waals surface area contributed by atoms with Crippen LogP contribution in [0.1, 0.15) is 33.6 Å². The van der Waals surface area contributed by atoms with Crippen LogP contribution in [0.4, 0.5) is 24.5 Å². The molecular formula is C18H16ClF3N6O2. The molecule has 2 N–H and O–H groups in total. The molecule has 0 radical (unpaired) electrons. The van der Waals surface area contributed by atoms with E-state index in [0.29, 0.717) is 22.6 Å². The topological polar surface area (TPSA) is 93.8 Å². The molecule has 3 aromatic rings. The molecule has 0 unspecified atom stereocenters. The van der Waals surface area contributed by atoms with Crippen molar-refractivity contribution < 1.29 is 22.8 Å². The van der Waals surface area contributed by atoms with E-state index in [-0.39, 0.29) is 5.69 Å². The summed E-state index contributed by atoms with van der Waals surface area (Å²) >= 11 is 5.73. The first-order valence-electron chi connectivity index (χ1n) is 8.66. The van der Waals surface area contributed by atoms with E-state index >= 15 is 0 Å². The second kappa shape index (κ2) is 8.19. The van der Waals surface area contributed by atoms with Gasteiger partial charge in [0, 0.05) is 31.2 Å². The van der Waals surface area contributed by atoms with Crippen molar-refractivity contribution in [3.63, 3.8) is 0 Å². The minimum Gasteiger partial charge on any atom is -0.321 e. The van der Waals surface area contributed by atoms with Crippen molar-refractivity contribution in [1.29, 1.82) is 0 Å². The average molecular weight is 441 g/mol. The van der Waals surface area contributed by atoms with Gasteiger partial charge in [0.15, 0.2) is 11.4 Å². The number of carbonyl (C=O) groups is 2. The first-order valence-corrected chi connectivity index (χ1v) is 9.04. The average Bonchev–Trinajstić information content (AvgIpc) is 3.25. The van der Waals surface area contributed by atoms with Crippen molar-refractivity contribution >= 4 is 34.8 Å². The van der Waals surface area contributed by atoms with Gasteiger partial charge < -0.3 is 10.6 Å². The molecule has 2 heterocycles. The number of alkyl halides is 3. The number of aromatic nitrogens is 4. The summed E-state index contributed by atoms with van der Waals surface area (Å²) in [5.74, 6) is -1.32. The summed E-state index contributed by atoms with van der Waals surface area (Å²) in [5, 5.41) is 11.9. The van der Waals surface area contributed by atoms with Crippen molar-refractivity contribution in [1.82, 2.24) is 19.6 Å². The summed E-state index contributed by atoms with van der Waals surface area (Å²) in [6, 6.07) is 7.67. The van der Waals surface area contributed by atoms with Crippen LogP contribution in [0.15, 0.2) is 36.5 Å². The van der Waals surface area contributed by atoms with Gasteiger partial charge in [-0.2, -0.15) is 23.4 Å². The third kappa shape index (κ3) is 4.30. The molecule has 2 amide bonds. The summed E-state index contributed by atoms with van der Waals surface area (Å²) in [6.07, 6.45) is -3.26. The van der Waals surface area contributed by atoms with E-state index in [1.807, 2.05) is 6.92 Å². The predicted molar refractivity (Wildman–Crippen MR) is 103 cm³/mol. The van der Waals surface area contributed by atoms with Crippen LogP contribution in [0, 0.1) is 0 Å². The van der Waals surface area contributed by atoms with E-state index in [4.69, 9.17) is 11.6 Å². The van der Waals surface area contributed by atoms with Gasteiger partial charge in [-0.3, -0.25) is 19.0 Å². The Morgan fingerprint density at radius 3 is 2.33 bits per heavy atom. The Balaban J connectivity index is 1.77. The minimum absolute atomic E-state index is 0.233. The van der Waals surface area contributed by atoms with Crippen LogP contribution in [-0.2, 0) is 19.8 Å². The van der Waals surface area contributed by atoms with Crippen molar-refractivity contribution in [3.8, 4) is 0 Å². The highest BCUT2D eigenvalue weighted by Crippen LogP contribution is 2.36. The Labute approximate surface area is 173 Å². The van der Waals surface area contributed by atoms with Crippen LogP contribution >= 0.6 is 11.6 Å². The molecule has 158 valence electrons. The largest absolute Gasteiger partial charge is 0.434 e. The lowest BCUT2D eigenvalue weighted by Gasteiger charge is -2.09. The summed E-state index contributed by atoms with van der Waals surface area (Å²) in [4.78, 5) is 24.8. The van der Waals surface area contributed by atoms with Gasteiger partial charge in [-0.15, -0.1) is 0 Å². The monoisotopic (exact) mass is 440 g/mol. The number of aryl methyl sites for hydroxylation is 2. The Bertz CT molecular complexity index is 1110. The van der Waals surface area contributed by atoms with E-state index < -0.39 is 34.4 Å². The lowest BCUT2D eigenvalue weighted by molar-refractivity contribution is -0.143. The quantitative estimate of drug-likeness (QED) is 0.630. The van der Waals surface area contributed by atoms with Crippen molar-refractivity contribution in [3.05, 3.63) is 58.6 Å². The highest BCUT2D eigenvalue weighted by Gasteiger charge is 2.40. The lowest BCUT2D eigenvalue weighted by Crippen LogP contribution is -2.18. The number of amides is 2. The second-order valence-corrected chi connectivity index (χ2v) is 6.53. The third-order valence-corrected chi connectivity index (χ3v) is 4.46. The van der Waals surface area contributed by atoms with E-state index in [2.05, 4.69) is 20.8 Å². The fraction of sp³-hybridized carbons (Fsp3) is 0.222. The molecule has 0 aliphatic carbocycles. The van der Waals surface area contributed by atoms with E-state index in [0.717, 1.165) is 7.05 Å². The Kier molecular flexibility index (Phi) is 5.83. The molecule has 8 nitrogen and oxygen atoms in total. The van der Waals surface area contributed by atoms with Crippen LogP contribution in [0.5, 0.6) is 0 Å². The first kappa shape index (κ1) is 21.4. The van der Waals surface area contributed by atoms with Gasteiger partial charge in [0.1, 0.15) is 10.7 Å². The number of rotatable bonds is 5. The molecule has 0 aliphatic rings. The maximum Gasteiger partial charge on any atom is 0.434 e. The van der Waals surface area contributed by atoms with Crippen LogP contribution in [0.3, 0.4) is 0 Å². The molecule has 0 bridgehead atoms. The van der Waals surface area contributed by atoms with E-state index in [1.165, 1.54) is 23.0 Å². The third-order valence-electron chi connectivity index (χ3n) is 4.10. The van der Waals surface area contributed by atoms with Gasteiger partial charge in [-0.05, 0) is 31.2 Å². The number of nitrogens with zero attached hydrogens (tertiary/aromatic N) is 4. The Hall–Kier alpha value is -3.34. The van der Waals surface area contributed by atoms with Gasteiger partial charge in [0.05, 0.1) is 0 Å². The Morgan fingerprint density at radius 1 is 1.13 bits per heavy atom. The number of anilines is 2. The fourth-order valence-corrected chi connectivity index (χ4v) is 3.14. The lowest BCUT2D eigenvalue weighted by atomic mass is 10.2. The fourth-order valence-electron chi connectivity index (χ4n) is 2.79. The van der Waals surface area contributed by atoms with Crippen molar-refractivity contribution in [2.75, 3.05) is 10.6 Å². The normalized spacial score (nSPS) is 11.4. The second-order valence-electron chi connectivity index (χ2n) is 6.15. The zero-order chi connectivity index (χ0) is 22.1. The molecule has 0 spiro atoms. The number of hydrogen-bond donors (Lipinski definition) is 2. The van der Waals surface area contributed by atoms with Crippen molar-refractivity contribution in [2.45, 2.75) is 19.6 Å². The smallest absolute Gasteiger partial charge is 0.321 e. The molecule has 0 atom stereocenters. The van der Waals surface area contributed by atoms with Crippen LogP contribution < -0.4 is 10.6 Å². The highest BCUT2D eigenvalue weighted by molar-refractivity contribution is 6.34. The van der Waals surface area contributed by atoms with Crippen LogP contribution in [-0.4, -0.2) is 31.4 Å². The molecule has 12 heteroatoms. The SMILES string of the molecule is CCn1nccc1C(=O)Nc1cccc(NC(=O)c2nn(C)c(C(F)(F)F)c2Cl)c1. The van der Waals surface area contributed by atoms with Gasteiger partial charge in [-0.1, -0.05) is 17.7 Å². The molecule has 3 rings (SSSR count). The number of benzene rings is 1. The van der Waals surface area contributed by atoms with Gasteiger partial charge in [0.2, 0.25) is 0 Å². The summed E-state index contributed by atoms with van der Waals surface area (Å²) < 4.78 is 41.1. The summed E-state index contributed by atoms with van der Waals surface area (Å²) in [5.41, 5.74) is -0.829. The number of carbonyl (C=O) groups excluding carboxylic acids is 2. The number of nitrogens with one attached hydrogen (secondary N) is 2. The molecule has 30 heavy (non-hydrogen) atoms. The van der Waals surface area contributed by atoms with E-state index in [9.17, 15) is 22.8 Å². The Morgan fingerprint density at radius 2 is 1.77 bits per heavy atom. The molecule has 0 saturated heterocycles. The number of halogens is 4. The summed E-state index contributed by atoms with van der Waals surface area (Å²) in [6.45, 7) is 2.35. The molecule has 0 saturated carbocycles. The molecule has 0 aliphatic heterocycles. The van der Waals surface area contributed by atoms with Gasteiger partial charge in [0.25, 0.3) is 11.8 Å². The summed E-state index contributed by atoms with van der Waals surface area (Å²) in [7, 11) is 1.04.